The molecular weight excluding hydrogens is 383 g/mol. The van der Waals surface area contributed by atoms with Crippen LogP contribution in [0.2, 0.25) is 0 Å². The molecule has 114 valence electrons. The fraction of sp³-hybridized carbons (Fsp3) is 0.900. The number of halogens is 1. The summed E-state index contributed by atoms with van der Waals surface area (Å²) in [5.41, 5.74) is 5.63. The van der Waals surface area contributed by atoms with Crippen molar-refractivity contribution in [2.24, 2.45) is 10.7 Å². The van der Waals surface area contributed by atoms with E-state index in [0.717, 1.165) is 19.4 Å². The molecule has 1 atom stereocenters. The van der Waals surface area contributed by atoms with Crippen molar-refractivity contribution in [2.75, 3.05) is 39.5 Å². The predicted octanol–water partition coefficient (Wildman–Crippen LogP) is -0.421. The molecule has 0 spiro atoms. The fourth-order valence-electron chi connectivity index (χ4n) is 1.54. The maximum Gasteiger partial charge on any atom is 0.215 e. The molecule has 0 radical (unpaired) electrons. The maximum atomic E-state index is 11.5. The molecule has 1 heterocycles. The Morgan fingerprint density at radius 3 is 2.74 bits per heavy atom. The zero-order chi connectivity index (χ0) is 13.6. The van der Waals surface area contributed by atoms with Crippen LogP contribution in [-0.2, 0) is 14.8 Å². The minimum Gasteiger partial charge on any atom is -0.376 e. The van der Waals surface area contributed by atoms with Crippen LogP contribution in [0, 0.1) is 0 Å². The van der Waals surface area contributed by atoms with E-state index in [1.165, 1.54) is 18.4 Å². The van der Waals surface area contributed by atoms with Crippen LogP contribution in [0.15, 0.2) is 4.99 Å². The summed E-state index contributed by atoms with van der Waals surface area (Å²) in [6.07, 6.45) is 2.22. The smallest absolute Gasteiger partial charge is 0.215 e. The number of hydrogen-bond acceptors (Lipinski definition) is 4. The van der Waals surface area contributed by atoms with E-state index in [-0.39, 0.29) is 48.3 Å². The van der Waals surface area contributed by atoms with Gasteiger partial charge in [-0.05, 0) is 12.8 Å². The monoisotopic (exact) mass is 406 g/mol. The topological polar surface area (TPSA) is 97.0 Å². The zero-order valence-electron chi connectivity index (χ0n) is 11.3. The van der Waals surface area contributed by atoms with Gasteiger partial charge in [0.15, 0.2) is 5.96 Å². The highest BCUT2D eigenvalue weighted by Crippen LogP contribution is 2.11. The number of rotatable bonds is 6. The molecule has 0 bridgehead atoms. The Kier molecular flexibility index (Phi) is 8.86. The Bertz CT molecular complexity index is 380. The second-order valence-corrected chi connectivity index (χ2v) is 6.69. The summed E-state index contributed by atoms with van der Waals surface area (Å²) in [6.45, 7) is 1.56. The van der Waals surface area contributed by atoms with Crippen LogP contribution in [0.3, 0.4) is 0 Å². The van der Waals surface area contributed by atoms with Crippen molar-refractivity contribution >= 4 is 40.0 Å². The van der Waals surface area contributed by atoms with Gasteiger partial charge in [0.25, 0.3) is 0 Å². The van der Waals surface area contributed by atoms with E-state index in [4.69, 9.17) is 10.5 Å². The predicted molar refractivity (Wildman–Crippen MR) is 86.4 cm³/mol. The maximum absolute atomic E-state index is 11.5. The standard InChI is InChI=1S/C10H22N4O3S.HI/c1-14(2)18(15,16)7-5-12-10(11)13-8-9-4-3-6-17-9;/h9H,3-8H2,1-2H3,(H3,11,12,13);1H. The largest absolute Gasteiger partial charge is 0.376 e. The van der Waals surface area contributed by atoms with Gasteiger partial charge in [0.2, 0.25) is 10.0 Å². The summed E-state index contributed by atoms with van der Waals surface area (Å²) in [5.74, 6) is 0.260. The molecule has 1 fully saturated rings. The second-order valence-electron chi connectivity index (χ2n) is 4.39. The number of nitrogens with two attached hydrogens (primary N) is 1. The molecule has 3 N–H and O–H groups in total. The summed E-state index contributed by atoms with van der Waals surface area (Å²) in [5, 5.41) is 2.78. The Hall–Kier alpha value is -0.130. The Morgan fingerprint density at radius 1 is 1.53 bits per heavy atom. The number of nitrogens with one attached hydrogen (secondary N) is 1. The zero-order valence-corrected chi connectivity index (χ0v) is 14.5. The number of guanidine groups is 1. The first-order valence-corrected chi connectivity index (χ1v) is 7.58. The molecular formula is C10H23IN4O3S. The summed E-state index contributed by atoms with van der Waals surface area (Å²) < 4.78 is 29.5. The Labute approximate surface area is 132 Å². The van der Waals surface area contributed by atoms with E-state index < -0.39 is 10.0 Å². The first-order chi connectivity index (χ1) is 8.42. The van der Waals surface area contributed by atoms with Gasteiger partial charge in [-0.15, -0.1) is 24.0 Å². The van der Waals surface area contributed by atoms with Gasteiger partial charge in [0.05, 0.1) is 18.4 Å². The van der Waals surface area contributed by atoms with Gasteiger partial charge in [-0.25, -0.2) is 12.7 Å². The molecule has 1 aliphatic heterocycles. The van der Waals surface area contributed by atoms with Crippen molar-refractivity contribution in [3.05, 3.63) is 0 Å². The van der Waals surface area contributed by atoms with Gasteiger partial charge >= 0.3 is 0 Å². The van der Waals surface area contributed by atoms with Gasteiger partial charge < -0.3 is 15.8 Å². The van der Waals surface area contributed by atoms with E-state index in [1.54, 1.807) is 0 Å². The molecule has 0 aromatic heterocycles. The van der Waals surface area contributed by atoms with Crippen molar-refractivity contribution in [3.63, 3.8) is 0 Å². The molecule has 0 amide bonds. The van der Waals surface area contributed by atoms with E-state index in [2.05, 4.69) is 10.3 Å². The first-order valence-electron chi connectivity index (χ1n) is 5.97. The first kappa shape index (κ1) is 18.9. The Balaban J connectivity index is 0.00000324. The van der Waals surface area contributed by atoms with E-state index in [9.17, 15) is 8.42 Å². The molecule has 1 unspecified atom stereocenters. The van der Waals surface area contributed by atoms with E-state index in [0.29, 0.717) is 6.54 Å². The third kappa shape index (κ3) is 7.28. The number of hydrogen-bond donors (Lipinski definition) is 2. The highest BCUT2D eigenvalue weighted by atomic mass is 127. The summed E-state index contributed by atoms with van der Waals surface area (Å²) in [4.78, 5) is 4.12. The van der Waals surface area contributed by atoms with Crippen LogP contribution in [0.25, 0.3) is 0 Å². The molecule has 0 aromatic carbocycles. The van der Waals surface area contributed by atoms with E-state index in [1.807, 2.05) is 0 Å². The van der Waals surface area contributed by atoms with Gasteiger partial charge in [-0.2, -0.15) is 0 Å². The average Bonchev–Trinajstić information content (AvgIpc) is 2.78. The Morgan fingerprint density at radius 2 is 2.21 bits per heavy atom. The van der Waals surface area contributed by atoms with E-state index >= 15 is 0 Å². The van der Waals surface area contributed by atoms with Crippen molar-refractivity contribution in [2.45, 2.75) is 18.9 Å². The molecule has 7 nitrogen and oxygen atoms in total. The summed E-state index contributed by atoms with van der Waals surface area (Å²) in [7, 11) is -0.181. The average molecular weight is 406 g/mol. The molecule has 9 heteroatoms. The van der Waals surface area contributed by atoms with Gasteiger partial charge in [0, 0.05) is 27.2 Å². The minimum atomic E-state index is -3.19. The molecule has 0 saturated carbocycles. The number of sulfonamides is 1. The van der Waals surface area contributed by atoms with Crippen LogP contribution >= 0.6 is 24.0 Å². The lowest BCUT2D eigenvalue weighted by molar-refractivity contribution is 0.118. The van der Waals surface area contributed by atoms with Crippen molar-refractivity contribution in [1.29, 1.82) is 0 Å². The fourth-order valence-corrected chi connectivity index (χ4v) is 2.26. The number of ether oxygens (including phenoxy) is 1. The molecule has 1 rings (SSSR count). The minimum absolute atomic E-state index is 0. The van der Waals surface area contributed by atoms with Crippen molar-refractivity contribution in [3.8, 4) is 0 Å². The van der Waals surface area contributed by atoms with Gasteiger partial charge in [-0.3, -0.25) is 4.99 Å². The lowest BCUT2D eigenvalue weighted by atomic mass is 10.2. The summed E-state index contributed by atoms with van der Waals surface area (Å²) >= 11 is 0. The molecule has 19 heavy (non-hydrogen) atoms. The van der Waals surface area contributed by atoms with Gasteiger partial charge in [0.1, 0.15) is 0 Å². The van der Waals surface area contributed by atoms with Gasteiger partial charge in [-0.1, -0.05) is 0 Å². The van der Waals surface area contributed by atoms with Crippen LogP contribution in [-0.4, -0.2) is 64.3 Å². The van der Waals surface area contributed by atoms with Crippen LogP contribution in [0.5, 0.6) is 0 Å². The number of nitrogens with zero attached hydrogens (tertiary/aromatic N) is 2. The quantitative estimate of drug-likeness (QED) is 0.355. The molecule has 1 aliphatic rings. The molecule has 0 aromatic rings. The van der Waals surface area contributed by atoms with Crippen molar-refractivity contribution < 1.29 is 13.2 Å². The van der Waals surface area contributed by atoms with Crippen LogP contribution in [0.1, 0.15) is 12.8 Å². The third-order valence-electron chi connectivity index (χ3n) is 2.71. The highest BCUT2D eigenvalue weighted by molar-refractivity contribution is 14.0. The lowest BCUT2D eigenvalue weighted by Crippen LogP contribution is -2.38. The van der Waals surface area contributed by atoms with Crippen LogP contribution in [0.4, 0.5) is 0 Å². The third-order valence-corrected chi connectivity index (χ3v) is 4.54. The lowest BCUT2D eigenvalue weighted by Gasteiger charge is -2.12. The normalized spacial score (nSPS) is 20.4. The van der Waals surface area contributed by atoms with Crippen LogP contribution < -0.4 is 11.1 Å². The second kappa shape index (κ2) is 8.93. The SMILES string of the molecule is CN(C)S(=O)(=O)CCNC(N)=NCC1CCCO1.I. The molecule has 1 saturated heterocycles. The number of aliphatic imine (C=N–C) groups is 1. The highest BCUT2D eigenvalue weighted by Gasteiger charge is 2.15. The van der Waals surface area contributed by atoms with Crippen molar-refractivity contribution in [1.82, 2.24) is 9.62 Å². The molecule has 0 aliphatic carbocycles. The summed E-state index contributed by atoms with van der Waals surface area (Å²) in [6, 6.07) is 0.